The molecule has 2 fully saturated rings. The van der Waals surface area contributed by atoms with Crippen LogP contribution in [0.3, 0.4) is 0 Å². The van der Waals surface area contributed by atoms with E-state index in [2.05, 4.69) is 42.2 Å². The molecule has 0 radical (unpaired) electrons. The van der Waals surface area contributed by atoms with Crippen LogP contribution in [-0.2, 0) is 23.8 Å². The van der Waals surface area contributed by atoms with Gasteiger partial charge < -0.3 is 10.0 Å². The standard InChI is InChI=1S/C23H32N6O4/c1-14-12-27(10-11-28(14)22(32)33)13-15-6-7-16-18(19(15)23(2,3)4)20(25-26(16)5)29-9-8-17(30)24-21(29)31/h6-7,14H,8-13H2,1-5H3,(H,32,33)(H,24,30,31)/t14-/m0/s1. The Morgan fingerprint density at radius 2 is 1.94 bits per heavy atom. The molecule has 1 aromatic heterocycles. The first-order valence-corrected chi connectivity index (χ1v) is 11.3. The molecule has 2 aromatic rings. The Hall–Kier alpha value is -3.14. The second-order valence-electron chi connectivity index (χ2n) is 10.0. The zero-order chi connectivity index (χ0) is 24.1. The quantitative estimate of drug-likeness (QED) is 0.734. The lowest BCUT2D eigenvalue weighted by molar-refractivity contribution is -0.120. The van der Waals surface area contributed by atoms with Crippen LogP contribution in [0.15, 0.2) is 12.1 Å². The summed E-state index contributed by atoms with van der Waals surface area (Å²) in [6.45, 7) is 11.1. The molecule has 0 saturated carbocycles. The molecule has 33 heavy (non-hydrogen) atoms. The Kier molecular flexibility index (Phi) is 5.81. The third kappa shape index (κ3) is 4.27. The van der Waals surface area contributed by atoms with Crippen molar-refractivity contribution in [2.24, 2.45) is 7.05 Å². The smallest absolute Gasteiger partial charge is 0.407 e. The normalized spacial score (nSPS) is 20.5. The first-order valence-electron chi connectivity index (χ1n) is 11.3. The Balaban J connectivity index is 1.76. The number of carboxylic acid groups (broad SMARTS) is 1. The zero-order valence-electron chi connectivity index (χ0n) is 19.9. The first kappa shape index (κ1) is 23.0. The first-order chi connectivity index (χ1) is 15.5. The van der Waals surface area contributed by atoms with E-state index in [9.17, 15) is 19.5 Å². The Morgan fingerprint density at radius 3 is 2.55 bits per heavy atom. The van der Waals surface area contributed by atoms with Crippen molar-refractivity contribution in [1.82, 2.24) is 24.9 Å². The topological polar surface area (TPSA) is 111 Å². The van der Waals surface area contributed by atoms with Crippen molar-refractivity contribution in [3.05, 3.63) is 23.3 Å². The number of anilines is 1. The molecular weight excluding hydrogens is 424 g/mol. The number of rotatable bonds is 3. The highest BCUT2D eigenvalue weighted by Gasteiger charge is 2.33. The number of hydrogen-bond donors (Lipinski definition) is 2. The molecule has 2 saturated heterocycles. The van der Waals surface area contributed by atoms with Crippen molar-refractivity contribution in [2.45, 2.75) is 52.1 Å². The van der Waals surface area contributed by atoms with Crippen LogP contribution in [0.1, 0.15) is 45.2 Å². The van der Waals surface area contributed by atoms with Crippen LogP contribution in [0.2, 0.25) is 0 Å². The van der Waals surface area contributed by atoms with Crippen molar-refractivity contribution in [3.63, 3.8) is 0 Å². The van der Waals surface area contributed by atoms with Crippen LogP contribution >= 0.6 is 0 Å². The number of aromatic nitrogens is 2. The van der Waals surface area contributed by atoms with Gasteiger partial charge in [0.2, 0.25) is 5.91 Å². The van der Waals surface area contributed by atoms with Crippen molar-refractivity contribution in [1.29, 1.82) is 0 Å². The SMILES string of the molecule is C[C@H]1CN(Cc2ccc3c(c(N4CCC(=O)NC4=O)nn3C)c2C(C)(C)C)CCN1C(=O)O. The molecule has 0 aliphatic carbocycles. The van der Waals surface area contributed by atoms with Gasteiger partial charge in [-0.15, -0.1) is 0 Å². The highest BCUT2D eigenvalue weighted by Crippen LogP contribution is 2.39. The van der Waals surface area contributed by atoms with Crippen molar-refractivity contribution in [2.75, 3.05) is 31.1 Å². The largest absolute Gasteiger partial charge is 0.465 e. The summed E-state index contributed by atoms with van der Waals surface area (Å²) in [5.41, 5.74) is 2.94. The van der Waals surface area contributed by atoms with Crippen molar-refractivity contribution < 1.29 is 19.5 Å². The Bertz CT molecular complexity index is 1120. The predicted molar refractivity (Wildman–Crippen MR) is 124 cm³/mol. The van der Waals surface area contributed by atoms with Gasteiger partial charge in [-0.2, -0.15) is 5.10 Å². The molecule has 4 amide bonds. The maximum absolute atomic E-state index is 12.6. The molecular formula is C23H32N6O4. The summed E-state index contributed by atoms with van der Waals surface area (Å²) in [4.78, 5) is 41.1. The molecule has 4 rings (SSSR count). The second-order valence-corrected chi connectivity index (χ2v) is 10.0. The highest BCUT2D eigenvalue weighted by molar-refractivity contribution is 6.09. The maximum atomic E-state index is 12.6. The molecule has 178 valence electrons. The third-order valence-corrected chi connectivity index (χ3v) is 6.50. The van der Waals surface area contributed by atoms with E-state index >= 15 is 0 Å². The molecule has 2 aliphatic heterocycles. The van der Waals surface area contributed by atoms with Gasteiger partial charge in [0, 0.05) is 57.6 Å². The molecule has 10 heteroatoms. The van der Waals surface area contributed by atoms with Crippen LogP contribution < -0.4 is 10.2 Å². The third-order valence-electron chi connectivity index (χ3n) is 6.50. The minimum absolute atomic E-state index is 0.0818. The lowest BCUT2D eigenvalue weighted by Crippen LogP contribution is -2.53. The lowest BCUT2D eigenvalue weighted by atomic mass is 9.81. The maximum Gasteiger partial charge on any atom is 0.407 e. The minimum Gasteiger partial charge on any atom is -0.465 e. The number of hydrogen-bond acceptors (Lipinski definition) is 5. The van der Waals surface area contributed by atoms with E-state index in [-0.39, 0.29) is 23.8 Å². The molecule has 10 nitrogen and oxygen atoms in total. The van der Waals surface area contributed by atoms with Crippen molar-refractivity contribution in [3.8, 4) is 0 Å². The van der Waals surface area contributed by atoms with Crippen LogP contribution in [-0.4, -0.2) is 74.9 Å². The van der Waals surface area contributed by atoms with E-state index in [0.29, 0.717) is 38.5 Å². The zero-order valence-corrected chi connectivity index (χ0v) is 19.9. The number of imide groups is 1. The monoisotopic (exact) mass is 456 g/mol. The second kappa shape index (κ2) is 8.33. The highest BCUT2D eigenvalue weighted by atomic mass is 16.4. The van der Waals surface area contributed by atoms with Gasteiger partial charge in [0.05, 0.1) is 5.52 Å². The van der Waals surface area contributed by atoms with Gasteiger partial charge in [0.1, 0.15) is 0 Å². The average Bonchev–Trinajstić information content (AvgIpc) is 3.03. The fraction of sp³-hybridized carbons (Fsp3) is 0.565. The fourth-order valence-corrected chi connectivity index (χ4v) is 5.02. The number of amides is 4. The Labute approximate surface area is 193 Å². The van der Waals surface area contributed by atoms with Gasteiger partial charge in [-0.1, -0.05) is 26.8 Å². The van der Waals surface area contributed by atoms with Crippen LogP contribution in [0.4, 0.5) is 15.4 Å². The van der Waals surface area contributed by atoms with E-state index in [1.807, 2.05) is 20.0 Å². The number of carbonyl (C=O) groups excluding carboxylic acids is 2. The van der Waals surface area contributed by atoms with Gasteiger partial charge in [-0.25, -0.2) is 9.59 Å². The van der Waals surface area contributed by atoms with Gasteiger partial charge in [-0.3, -0.25) is 24.6 Å². The van der Waals surface area contributed by atoms with Crippen molar-refractivity contribution >= 4 is 34.8 Å². The number of nitrogens with zero attached hydrogens (tertiary/aromatic N) is 5. The van der Waals surface area contributed by atoms with Crippen LogP contribution in [0.25, 0.3) is 10.9 Å². The van der Waals surface area contributed by atoms with Crippen LogP contribution in [0.5, 0.6) is 0 Å². The molecule has 1 aromatic carbocycles. The minimum atomic E-state index is -0.878. The van der Waals surface area contributed by atoms with Gasteiger partial charge in [0.15, 0.2) is 5.82 Å². The van der Waals surface area contributed by atoms with E-state index in [0.717, 1.165) is 22.0 Å². The summed E-state index contributed by atoms with van der Waals surface area (Å²) in [6, 6.07) is 3.61. The molecule has 0 spiro atoms. The van der Waals surface area contributed by atoms with Gasteiger partial charge >= 0.3 is 12.1 Å². The number of fused-ring (bicyclic) bond motifs is 1. The average molecular weight is 457 g/mol. The molecule has 0 unspecified atom stereocenters. The number of nitrogens with one attached hydrogen (secondary N) is 1. The summed E-state index contributed by atoms with van der Waals surface area (Å²) in [5, 5.41) is 17.4. The predicted octanol–water partition coefficient (Wildman–Crippen LogP) is 2.50. The number of carbonyl (C=O) groups is 3. The fourth-order valence-electron chi connectivity index (χ4n) is 5.02. The van der Waals surface area contributed by atoms with E-state index in [1.165, 1.54) is 4.90 Å². The number of aryl methyl sites for hydroxylation is 1. The lowest BCUT2D eigenvalue weighted by Gasteiger charge is -2.39. The number of urea groups is 1. The van der Waals surface area contributed by atoms with Gasteiger partial charge in [0.25, 0.3) is 0 Å². The molecule has 1 atom stereocenters. The van der Waals surface area contributed by atoms with E-state index in [4.69, 9.17) is 0 Å². The molecule has 3 heterocycles. The summed E-state index contributed by atoms with van der Waals surface area (Å²) in [6.07, 6.45) is -0.641. The van der Waals surface area contributed by atoms with Crippen LogP contribution in [0, 0.1) is 0 Å². The summed E-state index contributed by atoms with van der Waals surface area (Å²) in [5.74, 6) is 0.288. The summed E-state index contributed by atoms with van der Waals surface area (Å²) in [7, 11) is 1.86. The Morgan fingerprint density at radius 1 is 1.21 bits per heavy atom. The molecule has 2 aliphatic rings. The summed E-state index contributed by atoms with van der Waals surface area (Å²) < 4.78 is 1.78. The van der Waals surface area contributed by atoms with Gasteiger partial charge in [-0.05, 0) is 29.5 Å². The molecule has 0 bridgehead atoms. The van der Waals surface area contributed by atoms with E-state index in [1.54, 1.807) is 9.58 Å². The molecule has 2 N–H and O–H groups in total. The van der Waals surface area contributed by atoms with E-state index < -0.39 is 12.1 Å². The summed E-state index contributed by atoms with van der Waals surface area (Å²) >= 11 is 0. The number of benzene rings is 1. The number of piperazine rings is 1.